The second-order valence-electron chi connectivity index (χ2n) is 5.81. The highest BCUT2D eigenvalue weighted by Gasteiger charge is 2.20. The molecule has 1 heterocycles. The monoisotopic (exact) mass is 300 g/mol. The molecule has 1 aromatic carbocycles. The molecule has 22 heavy (non-hydrogen) atoms. The third-order valence-corrected chi connectivity index (χ3v) is 3.77. The molecule has 1 unspecified atom stereocenters. The van der Waals surface area contributed by atoms with Gasteiger partial charge in [0.15, 0.2) is 0 Å². The van der Waals surface area contributed by atoms with Crippen molar-refractivity contribution in [3.05, 3.63) is 54.4 Å². The number of aryl methyl sites for hydroxylation is 1. The maximum atomic E-state index is 12.0. The molecule has 4 heteroatoms. The van der Waals surface area contributed by atoms with E-state index in [1.165, 1.54) is 5.56 Å². The number of rotatable bonds is 8. The minimum Gasteiger partial charge on any atom is -0.466 e. The number of carbonyl (C=O) groups excluding carboxylic acids is 1. The van der Waals surface area contributed by atoms with Gasteiger partial charge in [0.25, 0.3) is 0 Å². The fraction of sp³-hybridized carbons (Fsp3) is 0.444. The van der Waals surface area contributed by atoms with Crippen molar-refractivity contribution in [2.45, 2.75) is 39.2 Å². The van der Waals surface area contributed by atoms with Gasteiger partial charge in [-0.2, -0.15) is 5.10 Å². The van der Waals surface area contributed by atoms with Gasteiger partial charge in [-0.15, -0.1) is 0 Å². The first kappa shape index (κ1) is 16.3. The molecular formula is C18H24N2O2. The number of ether oxygens (including phenoxy) is 1. The number of benzene rings is 1. The summed E-state index contributed by atoms with van der Waals surface area (Å²) in [6.45, 7) is 5.50. The molecule has 0 spiro atoms. The smallest absolute Gasteiger partial charge is 0.306 e. The highest BCUT2D eigenvalue weighted by atomic mass is 16.5. The summed E-state index contributed by atoms with van der Waals surface area (Å²) in [4.78, 5) is 12.0. The predicted molar refractivity (Wildman–Crippen MR) is 86.4 cm³/mol. The highest BCUT2D eigenvalue weighted by Crippen LogP contribution is 2.28. The molecule has 1 aromatic heterocycles. The number of hydrogen-bond donors (Lipinski definition) is 0. The van der Waals surface area contributed by atoms with Crippen LogP contribution in [0.5, 0.6) is 0 Å². The van der Waals surface area contributed by atoms with E-state index in [0.29, 0.717) is 18.9 Å². The number of aromatic nitrogens is 2. The van der Waals surface area contributed by atoms with Gasteiger partial charge in [0.2, 0.25) is 0 Å². The SMILES string of the molecule is CC(C)C(CC(=O)OCCCn1cccn1)c1ccccc1. The Morgan fingerprint density at radius 1 is 1.23 bits per heavy atom. The lowest BCUT2D eigenvalue weighted by molar-refractivity contribution is -0.144. The highest BCUT2D eigenvalue weighted by molar-refractivity contribution is 5.70. The average molecular weight is 300 g/mol. The van der Waals surface area contributed by atoms with Crippen molar-refractivity contribution in [2.24, 2.45) is 5.92 Å². The Balaban J connectivity index is 1.76. The van der Waals surface area contributed by atoms with Crippen molar-refractivity contribution in [1.82, 2.24) is 9.78 Å². The van der Waals surface area contributed by atoms with Crippen LogP contribution >= 0.6 is 0 Å². The van der Waals surface area contributed by atoms with Gasteiger partial charge in [0.1, 0.15) is 0 Å². The fourth-order valence-corrected chi connectivity index (χ4v) is 2.52. The maximum absolute atomic E-state index is 12.0. The van der Waals surface area contributed by atoms with Crippen LogP contribution in [0.15, 0.2) is 48.8 Å². The van der Waals surface area contributed by atoms with E-state index in [4.69, 9.17) is 4.74 Å². The standard InChI is InChI=1S/C18H24N2O2/c1-15(2)17(16-8-4-3-5-9-16)14-18(21)22-13-7-12-20-11-6-10-19-20/h3-6,8-11,15,17H,7,12-14H2,1-2H3. The lowest BCUT2D eigenvalue weighted by Crippen LogP contribution is -2.16. The van der Waals surface area contributed by atoms with Crippen molar-refractivity contribution in [3.8, 4) is 0 Å². The topological polar surface area (TPSA) is 44.1 Å². The molecule has 0 saturated carbocycles. The Morgan fingerprint density at radius 2 is 2.00 bits per heavy atom. The van der Waals surface area contributed by atoms with E-state index >= 15 is 0 Å². The van der Waals surface area contributed by atoms with E-state index < -0.39 is 0 Å². The summed E-state index contributed by atoms with van der Waals surface area (Å²) < 4.78 is 7.20. The van der Waals surface area contributed by atoms with Gasteiger partial charge >= 0.3 is 5.97 Å². The molecule has 0 bridgehead atoms. The molecule has 2 aromatic rings. The number of esters is 1. The molecule has 0 saturated heterocycles. The number of hydrogen-bond acceptors (Lipinski definition) is 3. The van der Waals surface area contributed by atoms with Crippen LogP contribution in [0.25, 0.3) is 0 Å². The van der Waals surface area contributed by atoms with Gasteiger partial charge in [0.05, 0.1) is 13.0 Å². The summed E-state index contributed by atoms with van der Waals surface area (Å²) in [5.74, 6) is 0.488. The van der Waals surface area contributed by atoms with Crippen LogP contribution in [0.4, 0.5) is 0 Å². The summed E-state index contributed by atoms with van der Waals surface area (Å²) >= 11 is 0. The van der Waals surface area contributed by atoms with Crippen molar-refractivity contribution in [3.63, 3.8) is 0 Å². The lowest BCUT2D eigenvalue weighted by Gasteiger charge is -2.20. The third-order valence-electron chi connectivity index (χ3n) is 3.77. The first-order chi connectivity index (χ1) is 10.7. The fourth-order valence-electron chi connectivity index (χ4n) is 2.52. The normalized spacial score (nSPS) is 12.3. The zero-order chi connectivity index (χ0) is 15.8. The molecule has 0 amide bonds. The Labute approximate surface area is 132 Å². The molecule has 2 rings (SSSR count). The maximum Gasteiger partial charge on any atom is 0.306 e. The van der Waals surface area contributed by atoms with Crippen LogP contribution < -0.4 is 0 Å². The Kier molecular flexibility index (Phi) is 6.19. The van der Waals surface area contributed by atoms with Gasteiger partial charge in [-0.25, -0.2) is 0 Å². The minimum atomic E-state index is -0.122. The summed E-state index contributed by atoms with van der Waals surface area (Å²) in [5, 5.41) is 4.12. The van der Waals surface area contributed by atoms with E-state index in [-0.39, 0.29) is 11.9 Å². The second kappa shape index (κ2) is 8.37. The third kappa shape index (κ3) is 5.02. The quantitative estimate of drug-likeness (QED) is 0.552. The van der Waals surface area contributed by atoms with Crippen LogP contribution in [-0.2, 0) is 16.1 Å². The van der Waals surface area contributed by atoms with Gasteiger partial charge in [0, 0.05) is 25.4 Å². The summed E-state index contributed by atoms with van der Waals surface area (Å²) in [6, 6.07) is 12.1. The van der Waals surface area contributed by atoms with E-state index in [1.807, 2.05) is 35.1 Å². The number of nitrogens with zero attached hydrogens (tertiary/aromatic N) is 2. The molecule has 0 aliphatic heterocycles. The first-order valence-electron chi connectivity index (χ1n) is 7.85. The largest absolute Gasteiger partial charge is 0.466 e. The van der Waals surface area contributed by atoms with Gasteiger partial charge in [-0.1, -0.05) is 44.2 Å². The Hall–Kier alpha value is -2.10. The molecule has 1 atom stereocenters. The molecule has 0 aliphatic rings. The van der Waals surface area contributed by atoms with E-state index in [0.717, 1.165) is 13.0 Å². The molecule has 0 fully saturated rings. The van der Waals surface area contributed by atoms with Gasteiger partial charge in [-0.3, -0.25) is 9.48 Å². The van der Waals surface area contributed by atoms with Crippen LogP contribution in [0.2, 0.25) is 0 Å². The molecular weight excluding hydrogens is 276 g/mol. The minimum absolute atomic E-state index is 0.122. The lowest BCUT2D eigenvalue weighted by atomic mass is 9.86. The molecule has 4 nitrogen and oxygen atoms in total. The summed E-state index contributed by atoms with van der Waals surface area (Å²) in [5.41, 5.74) is 1.20. The second-order valence-corrected chi connectivity index (χ2v) is 5.81. The molecule has 0 aliphatic carbocycles. The van der Waals surface area contributed by atoms with Crippen molar-refractivity contribution in [2.75, 3.05) is 6.61 Å². The molecule has 118 valence electrons. The average Bonchev–Trinajstić information content (AvgIpc) is 3.03. The van der Waals surface area contributed by atoms with Crippen molar-refractivity contribution < 1.29 is 9.53 Å². The van der Waals surface area contributed by atoms with E-state index in [1.54, 1.807) is 6.20 Å². The zero-order valence-corrected chi connectivity index (χ0v) is 13.3. The van der Waals surface area contributed by atoms with Gasteiger partial charge < -0.3 is 4.74 Å². The molecule has 0 N–H and O–H groups in total. The van der Waals surface area contributed by atoms with E-state index in [2.05, 4.69) is 31.1 Å². The van der Waals surface area contributed by atoms with Crippen LogP contribution in [0.1, 0.15) is 38.2 Å². The predicted octanol–water partition coefficient (Wildman–Crippen LogP) is 3.65. The number of carbonyl (C=O) groups is 1. The zero-order valence-electron chi connectivity index (χ0n) is 13.3. The molecule has 0 radical (unpaired) electrons. The van der Waals surface area contributed by atoms with Gasteiger partial charge in [-0.05, 0) is 23.5 Å². The summed E-state index contributed by atoms with van der Waals surface area (Å²) in [6.07, 6.45) is 4.87. The van der Waals surface area contributed by atoms with Crippen molar-refractivity contribution >= 4 is 5.97 Å². The summed E-state index contributed by atoms with van der Waals surface area (Å²) in [7, 11) is 0. The van der Waals surface area contributed by atoms with Crippen LogP contribution in [-0.4, -0.2) is 22.4 Å². The Morgan fingerprint density at radius 3 is 2.64 bits per heavy atom. The Bertz CT molecular complexity index is 550. The first-order valence-corrected chi connectivity index (χ1v) is 7.85. The van der Waals surface area contributed by atoms with Crippen LogP contribution in [0.3, 0.4) is 0 Å². The van der Waals surface area contributed by atoms with Crippen LogP contribution in [0, 0.1) is 5.92 Å². The van der Waals surface area contributed by atoms with E-state index in [9.17, 15) is 4.79 Å². The van der Waals surface area contributed by atoms with Crippen molar-refractivity contribution in [1.29, 1.82) is 0 Å².